The molecule has 20 heavy (non-hydrogen) atoms. The Kier molecular flexibility index (Phi) is 3.59. The smallest absolute Gasteiger partial charge is 0.330 e. The molecule has 0 aliphatic carbocycles. The van der Waals surface area contributed by atoms with Crippen LogP contribution in [-0.4, -0.2) is 47.1 Å². The number of carbonyl (C=O) groups excluding carboxylic acids is 1. The lowest BCUT2D eigenvalue weighted by atomic mass is 10.2. The number of sulfonamides is 1. The first-order valence-corrected chi connectivity index (χ1v) is 9.51. The molecule has 1 aliphatic rings. The second-order valence-electron chi connectivity index (χ2n) is 4.74. The predicted octanol–water partition coefficient (Wildman–Crippen LogP) is 0.426. The molecule has 0 spiro atoms. The van der Waals surface area contributed by atoms with E-state index in [0.29, 0.717) is 23.3 Å². The third kappa shape index (κ3) is 2.42. The quantitative estimate of drug-likeness (QED) is 0.842. The Morgan fingerprint density at radius 2 is 2.05 bits per heavy atom. The highest BCUT2D eigenvalue weighted by molar-refractivity contribution is 7.96. The summed E-state index contributed by atoms with van der Waals surface area (Å²) in [5.41, 5.74) is 0.500. The summed E-state index contributed by atoms with van der Waals surface area (Å²) >= 11 is 0.684. The molecular formula is C10H14N2O5S3. The zero-order valence-corrected chi connectivity index (χ0v) is 13.5. The third-order valence-electron chi connectivity index (χ3n) is 2.94. The lowest BCUT2D eigenvalue weighted by molar-refractivity contribution is 0.223. The van der Waals surface area contributed by atoms with E-state index in [1.54, 1.807) is 6.92 Å². The van der Waals surface area contributed by atoms with Crippen LogP contribution in [0, 0.1) is 0 Å². The van der Waals surface area contributed by atoms with Gasteiger partial charge in [-0.25, -0.2) is 26.4 Å². The van der Waals surface area contributed by atoms with Crippen LogP contribution >= 0.6 is 11.3 Å². The molecule has 0 saturated carbocycles. The maximum Gasteiger partial charge on any atom is 0.330 e. The Hall–Kier alpha value is -1.13. The van der Waals surface area contributed by atoms with E-state index in [1.807, 2.05) is 4.72 Å². The fourth-order valence-corrected chi connectivity index (χ4v) is 6.70. The molecule has 2 amide bonds. The van der Waals surface area contributed by atoms with Crippen molar-refractivity contribution in [3.63, 3.8) is 0 Å². The van der Waals surface area contributed by atoms with Gasteiger partial charge in [-0.3, -0.25) is 0 Å². The maximum absolute atomic E-state index is 12.0. The molecule has 0 bridgehead atoms. The van der Waals surface area contributed by atoms with Crippen LogP contribution in [0.5, 0.6) is 0 Å². The van der Waals surface area contributed by atoms with Crippen LogP contribution in [0.1, 0.15) is 12.5 Å². The van der Waals surface area contributed by atoms with Gasteiger partial charge in [-0.1, -0.05) is 0 Å². The summed E-state index contributed by atoms with van der Waals surface area (Å²) in [5, 5.41) is -0.531. The van der Waals surface area contributed by atoms with E-state index >= 15 is 0 Å². The van der Waals surface area contributed by atoms with Crippen molar-refractivity contribution >= 4 is 37.2 Å². The van der Waals surface area contributed by atoms with E-state index in [9.17, 15) is 21.6 Å². The zero-order chi connectivity index (χ0) is 15.3. The molecule has 1 aliphatic heterocycles. The van der Waals surface area contributed by atoms with Crippen molar-refractivity contribution in [1.29, 1.82) is 0 Å². The lowest BCUT2D eigenvalue weighted by Gasteiger charge is -2.11. The standard InChI is InChI=1S/C10H14N2O5S3/c1-6-4-7-5-8(18-9(7)19(6,14)15)20(16,17)11-10(13)12(2)3/h5-6H,4H2,1-3H3,(H,11,13)/t6-/m0/s1. The number of hydrogen-bond acceptors (Lipinski definition) is 6. The van der Waals surface area contributed by atoms with Gasteiger partial charge in [-0.05, 0) is 25.0 Å². The number of sulfone groups is 1. The summed E-state index contributed by atoms with van der Waals surface area (Å²) in [6, 6.07) is 0.543. The number of hydrogen-bond donors (Lipinski definition) is 1. The van der Waals surface area contributed by atoms with Crippen molar-refractivity contribution in [3.05, 3.63) is 11.6 Å². The van der Waals surface area contributed by atoms with Crippen LogP contribution < -0.4 is 4.72 Å². The molecule has 1 atom stereocenters. The van der Waals surface area contributed by atoms with Gasteiger partial charge < -0.3 is 4.90 Å². The van der Waals surface area contributed by atoms with Crippen LogP contribution in [0.3, 0.4) is 0 Å². The van der Waals surface area contributed by atoms with Crippen molar-refractivity contribution in [2.75, 3.05) is 14.1 Å². The minimum Gasteiger partial charge on any atom is -0.330 e. The van der Waals surface area contributed by atoms with Crippen LogP contribution in [-0.2, 0) is 26.3 Å². The van der Waals surface area contributed by atoms with E-state index in [2.05, 4.69) is 0 Å². The first kappa shape index (κ1) is 15.3. The average molecular weight is 338 g/mol. The highest BCUT2D eigenvalue weighted by atomic mass is 32.3. The molecule has 10 heteroatoms. The molecule has 0 unspecified atom stereocenters. The topological polar surface area (TPSA) is 101 Å². The van der Waals surface area contributed by atoms with E-state index in [4.69, 9.17) is 0 Å². The second kappa shape index (κ2) is 4.71. The van der Waals surface area contributed by atoms with Crippen molar-refractivity contribution in [3.8, 4) is 0 Å². The van der Waals surface area contributed by atoms with Crippen molar-refractivity contribution in [2.45, 2.75) is 27.0 Å². The summed E-state index contributed by atoms with van der Waals surface area (Å²) in [7, 11) is -4.66. The monoisotopic (exact) mass is 338 g/mol. The molecule has 2 rings (SSSR count). The second-order valence-corrected chi connectivity index (χ2v) is 10.3. The molecule has 112 valence electrons. The first-order valence-electron chi connectivity index (χ1n) is 5.66. The Labute approximate surface area is 121 Å². The normalized spacial score (nSPS) is 20.4. The molecule has 0 aromatic carbocycles. The van der Waals surface area contributed by atoms with Gasteiger partial charge in [0.2, 0.25) is 0 Å². The number of carbonyl (C=O) groups is 1. The number of amides is 2. The van der Waals surface area contributed by atoms with Gasteiger partial charge >= 0.3 is 6.03 Å². The number of urea groups is 1. The van der Waals surface area contributed by atoms with E-state index < -0.39 is 31.1 Å². The van der Waals surface area contributed by atoms with Crippen molar-refractivity contribution in [2.24, 2.45) is 0 Å². The fraction of sp³-hybridized carbons (Fsp3) is 0.500. The molecule has 0 fully saturated rings. The van der Waals surface area contributed by atoms with Gasteiger partial charge in [0.1, 0.15) is 8.42 Å². The molecule has 7 nitrogen and oxygen atoms in total. The molecule has 1 aromatic rings. The highest BCUT2D eigenvalue weighted by Gasteiger charge is 2.38. The van der Waals surface area contributed by atoms with Gasteiger partial charge in [-0.2, -0.15) is 0 Å². The van der Waals surface area contributed by atoms with Crippen molar-refractivity contribution < 1.29 is 21.6 Å². The molecule has 0 radical (unpaired) electrons. The van der Waals surface area contributed by atoms with Gasteiger partial charge in [0.25, 0.3) is 10.0 Å². The highest BCUT2D eigenvalue weighted by Crippen LogP contribution is 2.39. The minimum atomic E-state index is -4.04. The summed E-state index contributed by atoms with van der Waals surface area (Å²) in [4.78, 5) is 12.5. The lowest BCUT2D eigenvalue weighted by Crippen LogP contribution is -2.38. The molecule has 1 N–H and O–H groups in total. The van der Waals surface area contributed by atoms with E-state index in [-0.39, 0.29) is 8.42 Å². The zero-order valence-electron chi connectivity index (χ0n) is 11.1. The van der Waals surface area contributed by atoms with Crippen LogP contribution in [0.15, 0.2) is 14.5 Å². The van der Waals surface area contributed by atoms with Gasteiger partial charge in [-0.15, -0.1) is 11.3 Å². The van der Waals surface area contributed by atoms with Crippen LogP contribution in [0.4, 0.5) is 4.79 Å². The molecule has 1 aromatic heterocycles. The van der Waals surface area contributed by atoms with Crippen LogP contribution in [0.25, 0.3) is 0 Å². The number of fused-ring (bicyclic) bond motifs is 1. The van der Waals surface area contributed by atoms with Gasteiger partial charge in [0, 0.05) is 14.1 Å². The number of nitrogens with one attached hydrogen (secondary N) is 1. The number of nitrogens with zero attached hydrogens (tertiary/aromatic N) is 1. The summed E-state index contributed by atoms with van der Waals surface area (Å²) < 4.78 is 49.8. The summed E-state index contributed by atoms with van der Waals surface area (Å²) in [6.07, 6.45) is 0.297. The third-order valence-corrected chi connectivity index (χ3v) is 8.65. The van der Waals surface area contributed by atoms with E-state index in [0.717, 1.165) is 4.90 Å². The maximum atomic E-state index is 12.0. The summed E-state index contributed by atoms with van der Waals surface area (Å²) in [5.74, 6) is 0. The minimum absolute atomic E-state index is 0.0858. The first-order chi connectivity index (χ1) is 9.05. The Balaban J connectivity index is 2.39. The summed E-state index contributed by atoms with van der Waals surface area (Å²) in [6.45, 7) is 1.59. The van der Waals surface area contributed by atoms with Crippen molar-refractivity contribution in [1.82, 2.24) is 9.62 Å². The molecule has 0 saturated heterocycles. The fourth-order valence-electron chi connectivity index (χ4n) is 1.76. The van der Waals surface area contributed by atoms with Gasteiger partial charge in [0.05, 0.1) is 5.25 Å². The predicted molar refractivity (Wildman–Crippen MR) is 74.1 cm³/mol. The molecular weight excluding hydrogens is 324 g/mol. The Morgan fingerprint density at radius 3 is 2.55 bits per heavy atom. The molecule has 2 heterocycles. The largest absolute Gasteiger partial charge is 0.330 e. The van der Waals surface area contributed by atoms with Gasteiger partial charge in [0.15, 0.2) is 9.84 Å². The average Bonchev–Trinajstić information content (AvgIpc) is 2.80. The van der Waals surface area contributed by atoms with Crippen LogP contribution in [0.2, 0.25) is 0 Å². The Morgan fingerprint density at radius 1 is 1.45 bits per heavy atom. The van der Waals surface area contributed by atoms with E-state index in [1.165, 1.54) is 20.2 Å². The number of rotatable bonds is 2. The SMILES string of the molecule is C[C@H]1Cc2cc(S(=O)(=O)NC(=O)N(C)C)sc2S1(=O)=O. The Bertz CT molecular complexity index is 761. The number of thiophene rings is 1.